The van der Waals surface area contributed by atoms with Gasteiger partial charge in [-0.15, -0.1) is 5.10 Å². The number of aryl methyl sites for hydroxylation is 1. The highest BCUT2D eigenvalue weighted by molar-refractivity contribution is 9.10. The first-order valence-electron chi connectivity index (χ1n) is 5.23. The first-order valence-corrected chi connectivity index (χ1v) is 7.46. The fourth-order valence-electron chi connectivity index (χ4n) is 1.98. The van der Waals surface area contributed by atoms with E-state index in [0.717, 1.165) is 8.99 Å². The van der Waals surface area contributed by atoms with Crippen LogP contribution in [0.4, 0.5) is 0 Å². The van der Waals surface area contributed by atoms with Crippen molar-refractivity contribution < 1.29 is 23.4 Å². The minimum Gasteiger partial charge on any atom is -0.480 e. The van der Waals surface area contributed by atoms with Crippen molar-refractivity contribution in [3.05, 3.63) is 4.60 Å². The first kappa shape index (κ1) is 14.4. The van der Waals surface area contributed by atoms with Crippen LogP contribution in [0.5, 0.6) is 0 Å². The predicted molar refractivity (Wildman–Crippen MR) is 64.6 cm³/mol. The van der Waals surface area contributed by atoms with Crippen molar-refractivity contribution in [1.82, 2.24) is 19.3 Å². The second-order valence-electron chi connectivity index (χ2n) is 4.13. The third kappa shape index (κ3) is 2.38. The second-order valence-corrected chi connectivity index (χ2v) is 6.68. The van der Waals surface area contributed by atoms with E-state index in [1.807, 2.05) is 0 Å². The number of nitrogens with zero attached hydrogens (tertiary/aromatic N) is 4. The van der Waals surface area contributed by atoms with E-state index in [2.05, 4.69) is 26.2 Å². The summed E-state index contributed by atoms with van der Waals surface area (Å²) in [5.41, 5.74) is 0. The molecule has 0 amide bonds. The molecule has 2 unspecified atom stereocenters. The first-order chi connectivity index (χ1) is 8.75. The van der Waals surface area contributed by atoms with Crippen molar-refractivity contribution in [1.29, 1.82) is 0 Å². The standard InChI is InChI=1S/C8H11BrN4O5S/c1-12-7(6(9)10-11-12)19(17,18)13-3-4(14)2-5(13)8(15)16/h4-5,14H,2-3H2,1H3,(H,15,16). The molecule has 11 heteroatoms. The van der Waals surface area contributed by atoms with Crippen LogP contribution in [-0.4, -0.2) is 62.6 Å². The van der Waals surface area contributed by atoms with Gasteiger partial charge in [-0.1, -0.05) is 5.21 Å². The number of aliphatic carboxylic acids is 1. The highest BCUT2D eigenvalue weighted by Crippen LogP contribution is 2.29. The fraction of sp³-hybridized carbons (Fsp3) is 0.625. The molecular formula is C8H11BrN4O5S. The van der Waals surface area contributed by atoms with Crippen LogP contribution in [-0.2, 0) is 21.9 Å². The molecule has 0 bridgehead atoms. The van der Waals surface area contributed by atoms with E-state index < -0.39 is 28.1 Å². The lowest BCUT2D eigenvalue weighted by molar-refractivity contribution is -0.140. The number of aromatic nitrogens is 3. The summed E-state index contributed by atoms with van der Waals surface area (Å²) in [5.74, 6) is -1.30. The number of hydrogen-bond donors (Lipinski definition) is 2. The van der Waals surface area contributed by atoms with Gasteiger partial charge in [-0.2, -0.15) is 4.31 Å². The number of β-amino-alcohol motifs (C(OH)–C–C–N with tert-alkyl or cyclic N) is 1. The maximum atomic E-state index is 12.4. The summed E-state index contributed by atoms with van der Waals surface area (Å²) in [7, 11) is -2.72. The third-order valence-electron chi connectivity index (χ3n) is 2.81. The summed E-state index contributed by atoms with van der Waals surface area (Å²) >= 11 is 2.96. The van der Waals surface area contributed by atoms with E-state index in [-0.39, 0.29) is 22.6 Å². The van der Waals surface area contributed by atoms with Gasteiger partial charge < -0.3 is 10.2 Å². The Morgan fingerprint density at radius 3 is 2.63 bits per heavy atom. The molecule has 1 aliphatic heterocycles. The van der Waals surface area contributed by atoms with E-state index >= 15 is 0 Å². The molecule has 1 aliphatic rings. The van der Waals surface area contributed by atoms with Crippen molar-refractivity contribution in [2.24, 2.45) is 7.05 Å². The van der Waals surface area contributed by atoms with Gasteiger partial charge in [0.2, 0.25) is 5.03 Å². The quantitative estimate of drug-likeness (QED) is 0.697. The lowest BCUT2D eigenvalue weighted by Gasteiger charge is -2.20. The van der Waals surface area contributed by atoms with Crippen molar-refractivity contribution >= 4 is 31.9 Å². The summed E-state index contributed by atoms with van der Waals surface area (Å²) in [6.45, 7) is -0.267. The zero-order valence-electron chi connectivity index (χ0n) is 9.76. The monoisotopic (exact) mass is 354 g/mol. The smallest absolute Gasteiger partial charge is 0.322 e. The van der Waals surface area contributed by atoms with Gasteiger partial charge in [0.05, 0.1) is 6.10 Å². The SMILES string of the molecule is Cn1nnc(Br)c1S(=O)(=O)N1CC(O)CC1C(=O)O. The molecule has 2 heterocycles. The zero-order valence-corrected chi connectivity index (χ0v) is 12.2. The van der Waals surface area contributed by atoms with Gasteiger partial charge in [0.15, 0.2) is 4.60 Å². The molecule has 9 nitrogen and oxygen atoms in total. The molecule has 0 saturated carbocycles. The van der Waals surface area contributed by atoms with Crippen LogP contribution in [0.3, 0.4) is 0 Å². The number of carboxylic acids is 1. The van der Waals surface area contributed by atoms with E-state index in [1.165, 1.54) is 7.05 Å². The van der Waals surface area contributed by atoms with Gasteiger partial charge in [-0.05, 0) is 15.9 Å². The maximum absolute atomic E-state index is 12.4. The Kier molecular flexibility index (Phi) is 3.64. The minimum absolute atomic E-state index is 0.000489. The second kappa shape index (κ2) is 4.81. The molecule has 0 spiro atoms. The lowest BCUT2D eigenvalue weighted by atomic mass is 10.2. The van der Waals surface area contributed by atoms with E-state index in [9.17, 15) is 18.3 Å². The Hall–Kier alpha value is -1.04. The van der Waals surface area contributed by atoms with Crippen molar-refractivity contribution in [3.8, 4) is 0 Å². The molecule has 2 atom stereocenters. The fourth-order valence-corrected chi connectivity index (χ4v) is 4.65. The Bertz CT molecular complexity index is 595. The predicted octanol–water partition coefficient (Wildman–Crippen LogP) is -1.21. The Morgan fingerprint density at radius 2 is 2.16 bits per heavy atom. The lowest BCUT2D eigenvalue weighted by Crippen LogP contribution is -2.41. The summed E-state index contributed by atoms with van der Waals surface area (Å²) in [6.07, 6.45) is -1.15. The average Bonchev–Trinajstić information content (AvgIpc) is 2.83. The number of rotatable bonds is 3. The summed E-state index contributed by atoms with van der Waals surface area (Å²) < 4.78 is 26.6. The summed E-state index contributed by atoms with van der Waals surface area (Å²) in [4.78, 5) is 11.1. The molecule has 2 N–H and O–H groups in total. The Labute approximate surface area is 117 Å². The molecule has 19 heavy (non-hydrogen) atoms. The summed E-state index contributed by atoms with van der Waals surface area (Å²) in [6, 6.07) is -1.29. The molecule has 0 aliphatic carbocycles. The number of aliphatic hydroxyl groups excluding tert-OH is 1. The van der Waals surface area contributed by atoms with Crippen molar-refractivity contribution in [3.63, 3.8) is 0 Å². The van der Waals surface area contributed by atoms with Crippen LogP contribution in [0.1, 0.15) is 6.42 Å². The van der Waals surface area contributed by atoms with Gasteiger partial charge >= 0.3 is 5.97 Å². The van der Waals surface area contributed by atoms with E-state index in [0.29, 0.717) is 0 Å². The van der Waals surface area contributed by atoms with Gasteiger partial charge in [0.1, 0.15) is 6.04 Å². The topological polar surface area (TPSA) is 126 Å². The summed E-state index contributed by atoms with van der Waals surface area (Å²) in [5, 5.41) is 25.4. The Balaban J connectivity index is 2.48. The maximum Gasteiger partial charge on any atom is 0.322 e. The molecule has 1 fully saturated rings. The Morgan fingerprint density at radius 1 is 1.53 bits per heavy atom. The normalized spacial score (nSPS) is 24.8. The zero-order chi connectivity index (χ0) is 14.4. The van der Waals surface area contributed by atoms with Crippen LogP contribution >= 0.6 is 15.9 Å². The number of hydrogen-bond acceptors (Lipinski definition) is 6. The van der Waals surface area contributed by atoms with Gasteiger partial charge in [-0.3, -0.25) is 4.79 Å². The van der Waals surface area contributed by atoms with Crippen molar-refractivity contribution in [2.45, 2.75) is 23.6 Å². The number of aliphatic hydroxyl groups is 1. The molecule has 2 rings (SSSR count). The van der Waals surface area contributed by atoms with E-state index in [1.54, 1.807) is 0 Å². The van der Waals surface area contributed by atoms with Gasteiger partial charge in [0.25, 0.3) is 10.0 Å². The number of halogens is 1. The minimum atomic E-state index is -4.10. The molecule has 1 aromatic rings. The third-order valence-corrected chi connectivity index (χ3v) is 5.57. The van der Waals surface area contributed by atoms with Crippen LogP contribution in [0.2, 0.25) is 0 Å². The van der Waals surface area contributed by atoms with Crippen LogP contribution < -0.4 is 0 Å². The van der Waals surface area contributed by atoms with Crippen LogP contribution in [0.25, 0.3) is 0 Å². The van der Waals surface area contributed by atoms with Crippen LogP contribution in [0, 0.1) is 0 Å². The molecular weight excluding hydrogens is 344 g/mol. The largest absolute Gasteiger partial charge is 0.480 e. The number of carbonyl (C=O) groups is 1. The molecule has 106 valence electrons. The average molecular weight is 355 g/mol. The van der Waals surface area contributed by atoms with Gasteiger partial charge in [0, 0.05) is 20.0 Å². The highest BCUT2D eigenvalue weighted by atomic mass is 79.9. The number of sulfonamides is 1. The molecule has 0 aromatic carbocycles. The van der Waals surface area contributed by atoms with Crippen molar-refractivity contribution in [2.75, 3.05) is 6.54 Å². The number of carboxylic acid groups (broad SMARTS) is 1. The molecule has 1 aromatic heterocycles. The van der Waals surface area contributed by atoms with E-state index in [4.69, 9.17) is 5.11 Å². The van der Waals surface area contributed by atoms with Crippen LogP contribution in [0.15, 0.2) is 9.63 Å². The van der Waals surface area contributed by atoms with Gasteiger partial charge in [-0.25, -0.2) is 13.1 Å². The molecule has 1 saturated heterocycles. The highest BCUT2D eigenvalue weighted by Gasteiger charge is 2.45. The molecule has 0 radical (unpaired) electrons.